The van der Waals surface area contributed by atoms with E-state index in [9.17, 15) is 9.90 Å². The van der Waals surface area contributed by atoms with Gasteiger partial charge in [0.15, 0.2) is 5.96 Å². The van der Waals surface area contributed by atoms with Crippen molar-refractivity contribution in [3.63, 3.8) is 0 Å². The van der Waals surface area contributed by atoms with Crippen molar-refractivity contribution in [1.29, 1.82) is 0 Å². The van der Waals surface area contributed by atoms with Gasteiger partial charge in [-0.15, -0.1) is 35.3 Å². The van der Waals surface area contributed by atoms with Gasteiger partial charge in [0.05, 0.1) is 13.7 Å². The third kappa shape index (κ3) is 9.31. The number of guanidine groups is 1. The van der Waals surface area contributed by atoms with Crippen LogP contribution in [0.4, 0.5) is 0 Å². The van der Waals surface area contributed by atoms with Crippen molar-refractivity contribution < 1.29 is 14.6 Å². The van der Waals surface area contributed by atoms with Gasteiger partial charge < -0.3 is 20.5 Å². The minimum Gasteiger partial charge on any atom is -0.469 e. The topological polar surface area (TPSA) is 83.0 Å². The van der Waals surface area contributed by atoms with Gasteiger partial charge in [-0.1, -0.05) is 31.0 Å². The fraction of sp³-hybridized carbons (Fsp3) is 0.524. The molecule has 29 heavy (non-hydrogen) atoms. The third-order valence-electron chi connectivity index (χ3n) is 4.37. The number of fused-ring (bicyclic) bond motifs is 1. The molecule has 6 nitrogen and oxygen atoms in total. The molecule has 1 unspecified atom stereocenters. The Morgan fingerprint density at radius 3 is 2.69 bits per heavy atom. The number of esters is 1. The fourth-order valence-electron chi connectivity index (χ4n) is 2.83. The molecule has 8 heteroatoms. The zero-order valence-electron chi connectivity index (χ0n) is 17.1. The molecule has 1 atom stereocenters. The summed E-state index contributed by atoms with van der Waals surface area (Å²) in [6.45, 7) is 3.92. The number of methoxy groups -OCH3 is 1. The summed E-state index contributed by atoms with van der Waals surface area (Å²) in [4.78, 5) is 16.5. The lowest BCUT2D eigenvalue weighted by Crippen LogP contribution is -2.38. The van der Waals surface area contributed by atoms with Crippen molar-refractivity contribution in [3.8, 4) is 0 Å². The number of benzene rings is 1. The number of aliphatic imine (C=N–C) groups is 1. The van der Waals surface area contributed by atoms with Crippen LogP contribution in [-0.4, -0.2) is 43.8 Å². The van der Waals surface area contributed by atoms with E-state index in [0.29, 0.717) is 13.0 Å². The highest BCUT2D eigenvalue weighted by Crippen LogP contribution is 2.29. The van der Waals surface area contributed by atoms with Gasteiger partial charge in [0, 0.05) is 29.1 Å². The molecular formula is C21H32IN3O3S. The molecule has 0 saturated carbocycles. The van der Waals surface area contributed by atoms with Gasteiger partial charge in [-0.3, -0.25) is 9.79 Å². The monoisotopic (exact) mass is 533 g/mol. The average molecular weight is 533 g/mol. The number of hydrogen-bond acceptors (Lipinski definition) is 5. The SMILES string of the molecule is CCNC(=NCC(O)c1cc2ccccc2s1)NCCCCCCC(=O)OC.I. The maximum absolute atomic E-state index is 11.1. The van der Waals surface area contributed by atoms with Crippen LogP contribution >= 0.6 is 35.3 Å². The van der Waals surface area contributed by atoms with Crippen LogP contribution in [0.15, 0.2) is 35.3 Å². The summed E-state index contributed by atoms with van der Waals surface area (Å²) in [5, 5.41) is 18.2. The standard InChI is InChI=1S/C21H31N3O3S.HI/c1-3-22-21(23-13-9-5-4-6-12-20(26)27-2)24-15-17(25)19-14-16-10-7-8-11-18(16)28-19;/h7-8,10-11,14,17,25H,3-6,9,12-13,15H2,1-2H3,(H2,22,23,24);1H. The lowest BCUT2D eigenvalue weighted by Gasteiger charge is -2.12. The van der Waals surface area contributed by atoms with E-state index in [1.807, 2.05) is 25.1 Å². The Morgan fingerprint density at radius 1 is 1.21 bits per heavy atom. The predicted octanol–water partition coefficient (Wildman–Crippen LogP) is 4.23. The molecule has 0 fully saturated rings. The number of aliphatic hydroxyl groups is 1. The number of halogens is 1. The lowest BCUT2D eigenvalue weighted by atomic mass is 10.1. The largest absolute Gasteiger partial charge is 0.469 e. The third-order valence-corrected chi connectivity index (χ3v) is 5.58. The molecule has 0 bridgehead atoms. The highest BCUT2D eigenvalue weighted by molar-refractivity contribution is 14.0. The molecular weight excluding hydrogens is 501 g/mol. The summed E-state index contributed by atoms with van der Waals surface area (Å²) < 4.78 is 5.81. The van der Waals surface area contributed by atoms with Gasteiger partial charge in [-0.2, -0.15) is 0 Å². The summed E-state index contributed by atoms with van der Waals surface area (Å²) in [6.07, 6.45) is 3.81. The van der Waals surface area contributed by atoms with Crippen molar-refractivity contribution >= 4 is 57.3 Å². The first kappa shape index (κ1) is 25.6. The first-order valence-electron chi connectivity index (χ1n) is 9.89. The number of hydrogen-bond donors (Lipinski definition) is 3. The van der Waals surface area contributed by atoms with E-state index in [1.54, 1.807) is 11.3 Å². The number of aliphatic hydroxyl groups excluding tert-OH is 1. The second kappa shape index (κ2) is 14.6. The fourth-order valence-corrected chi connectivity index (χ4v) is 3.87. The maximum atomic E-state index is 11.1. The van der Waals surface area contributed by atoms with E-state index in [4.69, 9.17) is 0 Å². The first-order valence-corrected chi connectivity index (χ1v) is 10.7. The van der Waals surface area contributed by atoms with Crippen molar-refractivity contribution in [2.24, 2.45) is 4.99 Å². The summed E-state index contributed by atoms with van der Waals surface area (Å²) in [6, 6.07) is 10.2. The zero-order valence-corrected chi connectivity index (χ0v) is 20.3. The quantitative estimate of drug-likeness (QED) is 0.132. The number of carbonyl (C=O) groups is 1. The molecule has 0 spiro atoms. The number of ether oxygens (including phenoxy) is 1. The molecule has 0 saturated heterocycles. The molecule has 1 aromatic carbocycles. The van der Waals surface area contributed by atoms with Crippen LogP contribution < -0.4 is 10.6 Å². The normalized spacial score (nSPS) is 12.3. The van der Waals surface area contributed by atoms with Gasteiger partial charge in [0.2, 0.25) is 0 Å². The molecule has 2 aromatic rings. The van der Waals surface area contributed by atoms with E-state index < -0.39 is 6.10 Å². The second-order valence-corrected chi connectivity index (χ2v) is 7.70. The van der Waals surface area contributed by atoms with Crippen LogP contribution in [0.5, 0.6) is 0 Å². The molecule has 0 amide bonds. The Morgan fingerprint density at radius 2 is 1.97 bits per heavy atom. The van der Waals surface area contributed by atoms with Crippen molar-refractivity contribution in [2.75, 3.05) is 26.7 Å². The number of nitrogens with zero attached hydrogens (tertiary/aromatic N) is 1. The summed E-state index contributed by atoms with van der Waals surface area (Å²) in [7, 11) is 1.42. The Balaban J connectivity index is 0.00000420. The first-order chi connectivity index (χ1) is 13.6. The van der Waals surface area contributed by atoms with Gasteiger partial charge in [0.25, 0.3) is 0 Å². The minimum absolute atomic E-state index is 0. The van der Waals surface area contributed by atoms with E-state index in [1.165, 1.54) is 11.8 Å². The van der Waals surface area contributed by atoms with Gasteiger partial charge in [-0.25, -0.2) is 0 Å². The van der Waals surface area contributed by atoms with Gasteiger partial charge in [-0.05, 0) is 37.3 Å². The summed E-state index contributed by atoms with van der Waals surface area (Å²) in [5.41, 5.74) is 0. The van der Waals surface area contributed by atoms with E-state index in [-0.39, 0.29) is 29.9 Å². The smallest absolute Gasteiger partial charge is 0.305 e. The van der Waals surface area contributed by atoms with E-state index >= 15 is 0 Å². The number of thiophene rings is 1. The predicted molar refractivity (Wildman–Crippen MR) is 131 cm³/mol. The highest BCUT2D eigenvalue weighted by Gasteiger charge is 2.11. The molecule has 3 N–H and O–H groups in total. The maximum Gasteiger partial charge on any atom is 0.305 e. The number of carbonyl (C=O) groups excluding carboxylic acids is 1. The van der Waals surface area contributed by atoms with Gasteiger partial charge in [0.1, 0.15) is 6.10 Å². The molecule has 1 heterocycles. The molecule has 2 rings (SSSR count). The molecule has 0 aliphatic rings. The van der Waals surface area contributed by atoms with Crippen LogP contribution in [0.1, 0.15) is 50.0 Å². The Hall–Kier alpha value is -1.39. The van der Waals surface area contributed by atoms with E-state index in [2.05, 4.69) is 32.5 Å². The van der Waals surface area contributed by atoms with Crippen molar-refractivity contribution in [1.82, 2.24) is 10.6 Å². The number of nitrogens with one attached hydrogen (secondary N) is 2. The van der Waals surface area contributed by atoms with Crippen LogP contribution in [0.25, 0.3) is 10.1 Å². The number of rotatable bonds is 11. The molecule has 0 radical (unpaired) electrons. The minimum atomic E-state index is -0.605. The van der Waals surface area contributed by atoms with Crippen LogP contribution in [-0.2, 0) is 9.53 Å². The Labute approximate surface area is 194 Å². The molecule has 1 aromatic heterocycles. The van der Waals surface area contributed by atoms with Crippen molar-refractivity contribution in [3.05, 3.63) is 35.2 Å². The lowest BCUT2D eigenvalue weighted by molar-refractivity contribution is -0.140. The summed E-state index contributed by atoms with van der Waals surface area (Å²) in [5.74, 6) is 0.578. The summed E-state index contributed by atoms with van der Waals surface area (Å²) >= 11 is 1.61. The Kier molecular flexibility index (Phi) is 12.9. The van der Waals surface area contributed by atoms with Crippen molar-refractivity contribution in [2.45, 2.75) is 45.1 Å². The van der Waals surface area contributed by atoms with Crippen LogP contribution in [0.2, 0.25) is 0 Å². The van der Waals surface area contributed by atoms with E-state index in [0.717, 1.165) is 55.0 Å². The average Bonchev–Trinajstić information content (AvgIpc) is 3.15. The Bertz CT molecular complexity index is 733. The van der Waals surface area contributed by atoms with Crippen LogP contribution in [0, 0.1) is 0 Å². The number of unbranched alkanes of at least 4 members (excludes halogenated alkanes) is 3. The molecule has 162 valence electrons. The molecule has 0 aliphatic carbocycles. The second-order valence-electron chi connectivity index (χ2n) is 6.59. The van der Waals surface area contributed by atoms with Gasteiger partial charge >= 0.3 is 5.97 Å². The zero-order chi connectivity index (χ0) is 20.2. The molecule has 0 aliphatic heterocycles. The highest BCUT2D eigenvalue weighted by atomic mass is 127. The van der Waals surface area contributed by atoms with Crippen LogP contribution in [0.3, 0.4) is 0 Å².